The maximum absolute atomic E-state index is 9.11. The third kappa shape index (κ3) is 5.19. The normalized spacial score (nSPS) is 14.3. The van der Waals surface area contributed by atoms with Gasteiger partial charge in [0.15, 0.2) is 0 Å². The van der Waals surface area contributed by atoms with Gasteiger partial charge in [0.25, 0.3) is 6.71 Å². The first-order chi connectivity index (χ1) is 30.0. The van der Waals surface area contributed by atoms with E-state index in [1.807, 2.05) is 36.4 Å². The Hall–Kier alpha value is -6.84. The molecule has 0 spiro atoms. The minimum atomic E-state index is -0.404. The largest absolute Gasteiger partial charge is 0.311 e. The first kappa shape index (κ1) is 28.6. The van der Waals surface area contributed by atoms with Gasteiger partial charge < -0.3 is 9.80 Å². The van der Waals surface area contributed by atoms with Crippen LogP contribution >= 0.6 is 0 Å². The molecule has 0 saturated carbocycles. The van der Waals surface area contributed by atoms with Crippen LogP contribution in [0.2, 0.25) is 0 Å². The molecule has 270 valence electrons. The van der Waals surface area contributed by atoms with Crippen molar-refractivity contribution in [3.05, 3.63) is 200 Å². The van der Waals surface area contributed by atoms with Crippen LogP contribution in [0.5, 0.6) is 0 Å². The van der Waals surface area contributed by atoms with E-state index in [1.54, 1.807) is 0 Å². The van der Waals surface area contributed by atoms with Crippen LogP contribution in [0.4, 0.5) is 34.1 Å². The predicted molar refractivity (Wildman–Crippen MR) is 245 cm³/mol. The molecule has 0 unspecified atom stereocenters. The van der Waals surface area contributed by atoms with Crippen LogP contribution < -0.4 is 26.2 Å². The minimum Gasteiger partial charge on any atom is -0.311 e. The molecule has 0 radical (unpaired) electrons. The molecule has 3 heteroatoms. The van der Waals surface area contributed by atoms with E-state index in [2.05, 4.69) is 158 Å². The zero-order valence-corrected chi connectivity index (χ0v) is 32.1. The second-order valence-corrected chi connectivity index (χ2v) is 16.1. The van der Waals surface area contributed by atoms with Crippen molar-refractivity contribution in [2.24, 2.45) is 0 Å². The summed E-state index contributed by atoms with van der Waals surface area (Å²) < 4.78 is 43.9. The van der Waals surface area contributed by atoms with Gasteiger partial charge in [-0.2, -0.15) is 0 Å². The molecule has 0 N–H and O–H groups in total. The van der Waals surface area contributed by atoms with E-state index in [9.17, 15) is 0 Å². The van der Waals surface area contributed by atoms with E-state index < -0.39 is 6.04 Å². The summed E-state index contributed by atoms with van der Waals surface area (Å²) in [5, 5.41) is 3.48. The lowest BCUT2D eigenvalue weighted by molar-refractivity contribution is 0.591. The van der Waals surface area contributed by atoms with Crippen molar-refractivity contribution in [1.82, 2.24) is 0 Å². The van der Waals surface area contributed by atoms with Gasteiger partial charge in [-0.3, -0.25) is 0 Å². The van der Waals surface area contributed by atoms with Crippen LogP contribution in [-0.4, -0.2) is 6.71 Å². The number of hydrogen-bond donors (Lipinski definition) is 0. The van der Waals surface area contributed by atoms with Gasteiger partial charge in [-0.25, -0.2) is 0 Å². The zero-order chi connectivity index (χ0) is 42.6. The minimum absolute atomic E-state index is 0.0533. The Morgan fingerprint density at radius 2 is 0.912 bits per heavy atom. The molecule has 0 fully saturated rings. The van der Waals surface area contributed by atoms with Crippen LogP contribution in [0.15, 0.2) is 194 Å². The molecule has 9 aromatic carbocycles. The fourth-order valence-electron chi connectivity index (χ4n) is 9.36. The lowest BCUT2D eigenvalue weighted by atomic mass is 9.33. The molecule has 2 heterocycles. The highest BCUT2D eigenvalue weighted by Gasteiger charge is 2.44. The van der Waals surface area contributed by atoms with Gasteiger partial charge in [-0.05, 0) is 120 Å². The fourth-order valence-corrected chi connectivity index (χ4v) is 9.36. The SMILES string of the molecule is [2H]c1c([2H])c([2H])c(-c2c3ccccc3c(-c3cc4c5c(c3)N(c3ccccc3)c3ccc(C(C)(C)C)cc3B5c3ccccc3N4c3ccccc3)c3ccccc23)c([2H])c1[2H]. The lowest BCUT2D eigenvalue weighted by Gasteiger charge is -2.45. The van der Waals surface area contributed by atoms with Gasteiger partial charge in [-0.15, -0.1) is 0 Å². The Balaban J connectivity index is 1.30. The summed E-state index contributed by atoms with van der Waals surface area (Å²) >= 11 is 0. The van der Waals surface area contributed by atoms with E-state index in [0.29, 0.717) is 5.56 Å². The molecule has 2 nitrogen and oxygen atoms in total. The molecule has 0 aliphatic carbocycles. The lowest BCUT2D eigenvalue weighted by Crippen LogP contribution is -2.61. The summed E-state index contributed by atoms with van der Waals surface area (Å²) in [6, 6.07) is 56.5. The number of hydrogen-bond acceptors (Lipinski definition) is 2. The van der Waals surface area contributed by atoms with Gasteiger partial charge in [0.1, 0.15) is 0 Å². The summed E-state index contributed by atoms with van der Waals surface area (Å²) in [6.07, 6.45) is 0. The molecule has 0 aromatic heterocycles. The predicted octanol–water partition coefficient (Wildman–Crippen LogP) is 12.7. The van der Waals surface area contributed by atoms with Crippen molar-refractivity contribution in [2.75, 3.05) is 9.80 Å². The van der Waals surface area contributed by atoms with E-state index in [-0.39, 0.29) is 41.9 Å². The molecular formula is C54H41BN2. The highest BCUT2D eigenvalue weighted by Crippen LogP contribution is 2.49. The third-order valence-corrected chi connectivity index (χ3v) is 11.8. The molecule has 0 saturated heterocycles. The second-order valence-electron chi connectivity index (χ2n) is 16.1. The monoisotopic (exact) mass is 733 g/mol. The Bertz CT molecular complexity index is 3210. The highest BCUT2D eigenvalue weighted by molar-refractivity contribution is 7.00. The van der Waals surface area contributed by atoms with Crippen molar-refractivity contribution in [3.8, 4) is 22.3 Å². The summed E-state index contributed by atoms with van der Waals surface area (Å²) in [4.78, 5) is 4.85. The maximum atomic E-state index is 9.11. The zero-order valence-electron chi connectivity index (χ0n) is 37.1. The summed E-state index contributed by atoms with van der Waals surface area (Å²) in [6.45, 7) is 6.79. The molecular weight excluding hydrogens is 687 g/mol. The van der Waals surface area contributed by atoms with Crippen molar-refractivity contribution < 1.29 is 6.85 Å². The molecule has 11 rings (SSSR count). The van der Waals surface area contributed by atoms with Crippen molar-refractivity contribution in [3.63, 3.8) is 0 Å². The quantitative estimate of drug-likeness (QED) is 0.131. The Labute approximate surface area is 342 Å². The van der Waals surface area contributed by atoms with E-state index in [1.165, 1.54) is 22.0 Å². The topological polar surface area (TPSA) is 6.48 Å². The van der Waals surface area contributed by atoms with Crippen molar-refractivity contribution in [2.45, 2.75) is 26.2 Å². The average Bonchev–Trinajstić information content (AvgIpc) is 3.30. The van der Waals surface area contributed by atoms with Gasteiger partial charge in [-0.1, -0.05) is 166 Å². The smallest absolute Gasteiger partial charge is 0.252 e. The Morgan fingerprint density at radius 3 is 1.46 bits per heavy atom. The Kier molecular flexibility index (Phi) is 6.44. The fraction of sp³-hybridized carbons (Fsp3) is 0.0741. The van der Waals surface area contributed by atoms with Gasteiger partial charge in [0, 0.05) is 34.1 Å². The number of fused-ring (bicyclic) bond motifs is 6. The van der Waals surface area contributed by atoms with E-state index in [0.717, 1.165) is 66.8 Å². The maximum Gasteiger partial charge on any atom is 0.252 e. The number of nitrogens with zero attached hydrogens (tertiary/aromatic N) is 2. The van der Waals surface area contributed by atoms with Gasteiger partial charge in [0.05, 0.1) is 6.85 Å². The molecule has 9 aromatic rings. The molecule has 0 bridgehead atoms. The first-order valence-corrected chi connectivity index (χ1v) is 19.7. The van der Waals surface area contributed by atoms with Crippen LogP contribution in [-0.2, 0) is 5.41 Å². The summed E-state index contributed by atoms with van der Waals surface area (Å²) in [7, 11) is 0. The Morgan fingerprint density at radius 1 is 0.439 bits per heavy atom. The molecule has 57 heavy (non-hydrogen) atoms. The highest BCUT2D eigenvalue weighted by atomic mass is 15.2. The average molecular weight is 734 g/mol. The van der Waals surface area contributed by atoms with Crippen molar-refractivity contribution >= 4 is 78.8 Å². The van der Waals surface area contributed by atoms with Gasteiger partial charge >= 0.3 is 0 Å². The van der Waals surface area contributed by atoms with Gasteiger partial charge in [0.2, 0.25) is 0 Å². The van der Waals surface area contributed by atoms with E-state index in [4.69, 9.17) is 6.85 Å². The molecule has 0 amide bonds. The number of para-hydroxylation sites is 3. The first-order valence-electron chi connectivity index (χ1n) is 22.2. The van der Waals surface area contributed by atoms with Crippen LogP contribution in [0, 0.1) is 0 Å². The second kappa shape index (κ2) is 12.9. The number of rotatable bonds is 4. The number of anilines is 6. The molecule has 0 atom stereocenters. The number of benzene rings is 9. The van der Waals surface area contributed by atoms with Crippen LogP contribution in [0.25, 0.3) is 43.8 Å². The van der Waals surface area contributed by atoms with Crippen molar-refractivity contribution in [1.29, 1.82) is 0 Å². The third-order valence-electron chi connectivity index (χ3n) is 11.8. The standard InChI is InChI=1S/C54H41BN2/c1-54(2,3)38-31-32-48-46(35-38)55-45-29-17-18-30-47(45)56(39-21-9-5-10-22-39)49-33-37(34-50(53(49)55)57(48)40-23-11-6-12-24-40)52-43-27-15-13-25-41(43)51(36-19-7-4-8-20-36)42-26-14-16-28-44(42)52/h4-35H,1-3H3/i4D,7D,8D,19D,20D. The molecule has 2 aliphatic heterocycles. The summed E-state index contributed by atoms with van der Waals surface area (Å²) in [5.41, 5.74) is 14.4. The summed E-state index contributed by atoms with van der Waals surface area (Å²) in [5.74, 6) is 0. The molecule has 2 aliphatic rings. The van der Waals surface area contributed by atoms with Crippen LogP contribution in [0.3, 0.4) is 0 Å². The van der Waals surface area contributed by atoms with Crippen LogP contribution in [0.1, 0.15) is 33.2 Å². The van der Waals surface area contributed by atoms with E-state index >= 15 is 0 Å².